The third kappa shape index (κ3) is 8.66. The average molecular weight is 617 g/mol. The highest BCUT2D eigenvalue weighted by atomic mass is 19.1. The van der Waals surface area contributed by atoms with Crippen LogP contribution in [0.15, 0.2) is 78.9 Å². The largest absolute Gasteiger partial charge is 0.481 e. The summed E-state index contributed by atoms with van der Waals surface area (Å²) >= 11 is 0. The van der Waals surface area contributed by atoms with Crippen LogP contribution in [0.5, 0.6) is 0 Å². The molecule has 0 spiro atoms. The molecule has 4 N–H and O–H groups in total. The van der Waals surface area contributed by atoms with E-state index in [0.29, 0.717) is 41.3 Å². The van der Waals surface area contributed by atoms with Crippen LogP contribution in [-0.4, -0.2) is 50.6 Å². The highest BCUT2D eigenvalue weighted by molar-refractivity contribution is 6.12. The fourth-order valence-corrected chi connectivity index (χ4v) is 5.59. The molecule has 0 bridgehead atoms. The fourth-order valence-electron chi connectivity index (χ4n) is 5.59. The van der Waals surface area contributed by atoms with Crippen molar-refractivity contribution in [2.24, 2.45) is 0 Å². The van der Waals surface area contributed by atoms with Crippen molar-refractivity contribution in [1.29, 1.82) is 0 Å². The van der Waals surface area contributed by atoms with Gasteiger partial charge in [0, 0.05) is 30.1 Å². The maximum absolute atomic E-state index is 14.3. The minimum atomic E-state index is -1.19. The lowest BCUT2D eigenvalue weighted by atomic mass is 9.94. The Morgan fingerprint density at radius 3 is 2.18 bits per heavy atom. The number of aliphatic carboxylic acids is 1. The second-order valence-electron chi connectivity index (χ2n) is 11.4. The zero-order valence-electron chi connectivity index (χ0n) is 25.9. The molecule has 238 valence electrons. The minimum Gasteiger partial charge on any atom is -0.481 e. The van der Waals surface area contributed by atoms with Gasteiger partial charge in [0.2, 0.25) is 0 Å². The van der Waals surface area contributed by atoms with E-state index >= 15 is 0 Å². The molecule has 0 radical (unpaired) electrons. The van der Waals surface area contributed by atoms with Crippen molar-refractivity contribution in [3.05, 3.63) is 102 Å². The summed E-state index contributed by atoms with van der Waals surface area (Å²) in [6, 6.07) is 23.1. The number of carbonyl (C=O) groups is 2. The van der Waals surface area contributed by atoms with Gasteiger partial charge >= 0.3 is 5.97 Å². The first-order chi connectivity index (χ1) is 21.6. The standard InChI is InChI=1S/C36H41FN2O6/c1-4-45-22-24-10-16-28(17-11-24)38-36(44)33-32(25-8-6-5-7-9-25)35(26-12-14-27(37)15-13-26)39(34(33)23(2)3)19-18-29(40)20-30(41)21-31(42)43/h5-17,23,29-30,40-41H,4,18-22H2,1-3H3,(H,38,44)(H,42,43)/t29-,30-/m1/s1. The van der Waals surface area contributed by atoms with Gasteiger partial charge in [-0.05, 0) is 78.8 Å². The van der Waals surface area contributed by atoms with Gasteiger partial charge < -0.3 is 29.9 Å². The number of benzene rings is 3. The van der Waals surface area contributed by atoms with Gasteiger partial charge in [-0.2, -0.15) is 0 Å². The Morgan fingerprint density at radius 1 is 0.911 bits per heavy atom. The van der Waals surface area contributed by atoms with Crippen LogP contribution in [0.25, 0.3) is 22.4 Å². The number of carbonyl (C=O) groups excluding carboxylic acids is 1. The Kier molecular flexibility index (Phi) is 11.6. The number of carboxylic acids is 1. The predicted octanol–water partition coefficient (Wildman–Crippen LogP) is 6.85. The number of aliphatic hydroxyl groups excluding tert-OH is 2. The molecule has 0 saturated carbocycles. The zero-order valence-corrected chi connectivity index (χ0v) is 25.9. The highest BCUT2D eigenvalue weighted by Crippen LogP contribution is 2.42. The van der Waals surface area contributed by atoms with Gasteiger partial charge in [0.15, 0.2) is 0 Å². The second kappa shape index (κ2) is 15.6. The van der Waals surface area contributed by atoms with E-state index in [1.54, 1.807) is 12.1 Å². The molecule has 0 fully saturated rings. The summed E-state index contributed by atoms with van der Waals surface area (Å²) < 4.78 is 21.6. The molecule has 4 aromatic rings. The second-order valence-corrected chi connectivity index (χ2v) is 11.4. The third-order valence-corrected chi connectivity index (χ3v) is 7.58. The molecule has 9 heteroatoms. The van der Waals surface area contributed by atoms with Crippen molar-refractivity contribution in [3.63, 3.8) is 0 Å². The molecule has 4 rings (SSSR count). The molecule has 0 saturated heterocycles. The van der Waals surface area contributed by atoms with E-state index in [1.165, 1.54) is 12.1 Å². The first-order valence-electron chi connectivity index (χ1n) is 15.2. The summed E-state index contributed by atoms with van der Waals surface area (Å²) in [4.78, 5) is 25.3. The first kappa shape index (κ1) is 33.6. The Bertz CT molecular complexity index is 1570. The normalized spacial score (nSPS) is 12.7. The lowest BCUT2D eigenvalue weighted by molar-refractivity contribution is -0.139. The van der Waals surface area contributed by atoms with E-state index in [0.717, 1.165) is 16.8 Å². The van der Waals surface area contributed by atoms with E-state index in [-0.39, 0.29) is 31.2 Å². The summed E-state index contributed by atoms with van der Waals surface area (Å²) in [5.41, 5.74) is 5.67. The monoisotopic (exact) mass is 616 g/mol. The van der Waals surface area contributed by atoms with Crippen molar-refractivity contribution < 1.29 is 34.0 Å². The number of anilines is 1. The topological polar surface area (TPSA) is 121 Å². The lowest BCUT2D eigenvalue weighted by Crippen LogP contribution is -2.22. The number of halogens is 1. The summed E-state index contributed by atoms with van der Waals surface area (Å²) in [7, 11) is 0. The Morgan fingerprint density at radius 2 is 1.58 bits per heavy atom. The van der Waals surface area contributed by atoms with Crippen LogP contribution in [0.3, 0.4) is 0 Å². The molecule has 2 atom stereocenters. The van der Waals surface area contributed by atoms with Gasteiger partial charge in [-0.3, -0.25) is 9.59 Å². The van der Waals surface area contributed by atoms with Crippen molar-refractivity contribution in [2.45, 2.75) is 71.3 Å². The maximum atomic E-state index is 14.3. The average Bonchev–Trinajstić information content (AvgIpc) is 3.35. The van der Waals surface area contributed by atoms with Crippen molar-refractivity contribution in [1.82, 2.24) is 4.57 Å². The molecule has 45 heavy (non-hydrogen) atoms. The van der Waals surface area contributed by atoms with Gasteiger partial charge in [-0.15, -0.1) is 0 Å². The maximum Gasteiger partial charge on any atom is 0.305 e. The number of rotatable bonds is 15. The SMILES string of the molecule is CCOCc1ccc(NC(=O)c2c(-c3ccccc3)c(-c3ccc(F)cc3)n(CC[C@@H](O)C[C@@H](O)CC(=O)O)c2C(C)C)cc1. The molecule has 1 amide bonds. The lowest BCUT2D eigenvalue weighted by Gasteiger charge is -2.20. The predicted molar refractivity (Wildman–Crippen MR) is 173 cm³/mol. The van der Waals surface area contributed by atoms with Crippen LogP contribution >= 0.6 is 0 Å². The highest BCUT2D eigenvalue weighted by Gasteiger charge is 2.31. The molecular formula is C36H41FN2O6. The van der Waals surface area contributed by atoms with Crippen LogP contribution in [0, 0.1) is 5.82 Å². The number of ether oxygens (including phenoxy) is 1. The van der Waals surface area contributed by atoms with Gasteiger partial charge in [0.25, 0.3) is 5.91 Å². The number of nitrogens with one attached hydrogen (secondary N) is 1. The van der Waals surface area contributed by atoms with Crippen LogP contribution in [0.2, 0.25) is 0 Å². The van der Waals surface area contributed by atoms with E-state index in [1.807, 2.05) is 79.9 Å². The number of aromatic nitrogens is 1. The van der Waals surface area contributed by atoms with Crippen LogP contribution < -0.4 is 5.32 Å². The number of carboxylic acid groups (broad SMARTS) is 1. The number of hydrogen-bond acceptors (Lipinski definition) is 5. The van der Waals surface area contributed by atoms with E-state index in [2.05, 4.69) is 5.32 Å². The fraction of sp³-hybridized carbons (Fsp3) is 0.333. The summed E-state index contributed by atoms with van der Waals surface area (Å²) in [6.07, 6.45) is -2.56. The molecule has 1 heterocycles. The van der Waals surface area contributed by atoms with Gasteiger partial charge in [-0.1, -0.05) is 56.3 Å². The summed E-state index contributed by atoms with van der Waals surface area (Å²) in [5, 5.41) is 33.0. The van der Waals surface area contributed by atoms with E-state index in [9.17, 15) is 24.2 Å². The number of hydrogen-bond donors (Lipinski definition) is 4. The van der Waals surface area contributed by atoms with Gasteiger partial charge in [0.05, 0.1) is 36.5 Å². The molecule has 8 nitrogen and oxygen atoms in total. The quantitative estimate of drug-likeness (QED) is 0.116. The molecule has 0 aliphatic carbocycles. The number of aliphatic hydroxyl groups is 2. The van der Waals surface area contributed by atoms with E-state index < -0.39 is 30.4 Å². The molecule has 0 aliphatic heterocycles. The Hall–Kier alpha value is -4.31. The van der Waals surface area contributed by atoms with Crippen LogP contribution in [0.4, 0.5) is 10.1 Å². The molecule has 0 aliphatic rings. The van der Waals surface area contributed by atoms with Gasteiger partial charge in [0.1, 0.15) is 5.82 Å². The third-order valence-electron chi connectivity index (χ3n) is 7.58. The van der Waals surface area contributed by atoms with Gasteiger partial charge in [-0.25, -0.2) is 4.39 Å². The minimum absolute atomic E-state index is 0.103. The number of nitrogens with zero attached hydrogens (tertiary/aromatic N) is 1. The summed E-state index contributed by atoms with van der Waals surface area (Å²) in [6.45, 7) is 7.25. The number of amides is 1. The van der Waals surface area contributed by atoms with Crippen LogP contribution in [-0.2, 0) is 22.7 Å². The van der Waals surface area contributed by atoms with Crippen LogP contribution in [0.1, 0.15) is 67.6 Å². The van der Waals surface area contributed by atoms with Crippen molar-refractivity contribution in [2.75, 3.05) is 11.9 Å². The zero-order chi connectivity index (χ0) is 32.5. The van der Waals surface area contributed by atoms with Crippen molar-refractivity contribution >= 4 is 17.6 Å². The van der Waals surface area contributed by atoms with Crippen molar-refractivity contribution in [3.8, 4) is 22.4 Å². The Balaban J connectivity index is 1.84. The molecule has 1 aromatic heterocycles. The molecule has 0 unspecified atom stereocenters. The summed E-state index contributed by atoms with van der Waals surface area (Å²) in [5.74, 6) is -1.98. The Labute approximate surface area is 263 Å². The molecular weight excluding hydrogens is 575 g/mol. The molecule has 3 aromatic carbocycles. The smallest absolute Gasteiger partial charge is 0.305 e. The van der Waals surface area contributed by atoms with E-state index in [4.69, 9.17) is 9.84 Å². The first-order valence-corrected chi connectivity index (χ1v) is 15.2.